The molecule has 14 nitrogen and oxygen atoms in total. The van der Waals surface area contributed by atoms with Gasteiger partial charge in [0, 0.05) is 57.4 Å². The van der Waals surface area contributed by atoms with Crippen molar-refractivity contribution in [1.82, 2.24) is 0 Å². The molecule has 0 aromatic rings. The number of fused-ring (bicyclic) bond motifs is 10. The van der Waals surface area contributed by atoms with Crippen LogP contribution in [-0.2, 0) is 61.7 Å². The van der Waals surface area contributed by atoms with Gasteiger partial charge >= 0.3 is 5.97 Å². The quantitative estimate of drug-likeness (QED) is 0.165. The first-order valence-corrected chi connectivity index (χ1v) is 24.4. The molecule has 0 aromatic heterocycles. The molecule has 15 unspecified atom stereocenters. The van der Waals surface area contributed by atoms with Gasteiger partial charge in [-0.3, -0.25) is 4.79 Å². The minimum absolute atomic E-state index is 0.116. The van der Waals surface area contributed by atoms with Gasteiger partial charge in [-0.15, -0.1) is 0 Å². The lowest BCUT2D eigenvalue weighted by molar-refractivity contribution is -0.356. The fourth-order valence-corrected chi connectivity index (χ4v) is 14.0. The van der Waals surface area contributed by atoms with Crippen molar-refractivity contribution in [1.29, 1.82) is 0 Å². The molecule has 11 heterocycles. The van der Waals surface area contributed by atoms with E-state index in [1.807, 2.05) is 13.8 Å². The molecular weight excluding hydrogens is 825 g/mol. The molecule has 0 bridgehead atoms. The van der Waals surface area contributed by atoms with E-state index in [4.69, 9.17) is 52.1 Å². The predicted molar refractivity (Wildman–Crippen MR) is 228 cm³/mol. The Morgan fingerprint density at radius 2 is 1.50 bits per heavy atom. The second kappa shape index (κ2) is 15.7. The number of esters is 1. The van der Waals surface area contributed by atoms with Crippen LogP contribution >= 0.6 is 0 Å². The largest absolute Gasteiger partial charge is 0.456 e. The molecule has 0 spiro atoms. The van der Waals surface area contributed by atoms with Crippen molar-refractivity contribution < 1.29 is 66.8 Å². The first-order chi connectivity index (χ1) is 30.4. The lowest BCUT2D eigenvalue weighted by atomic mass is 9.72. The summed E-state index contributed by atoms with van der Waals surface area (Å²) in [4.78, 5) is 23.6. The summed E-state index contributed by atoms with van der Waals surface area (Å²) in [5.74, 6) is -0.146. The van der Waals surface area contributed by atoms with Gasteiger partial charge in [-0.05, 0) is 84.3 Å². The Bertz CT molecular complexity index is 1940. The smallest absolute Gasteiger partial charge is 0.331 e. The predicted octanol–water partition coefficient (Wildman–Crippen LogP) is 5.47. The minimum atomic E-state index is -0.911. The molecule has 0 amide bonds. The van der Waals surface area contributed by atoms with E-state index in [-0.39, 0.29) is 110 Å². The summed E-state index contributed by atoms with van der Waals surface area (Å²) in [7, 11) is 0. The van der Waals surface area contributed by atoms with Crippen molar-refractivity contribution in [2.45, 2.75) is 257 Å². The lowest BCUT2D eigenvalue weighted by Crippen LogP contribution is -2.70. The van der Waals surface area contributed by atoms with Crippen LogP contribution in [0.2, 0.25) is 0 Å². The van der Waals surface area contributed by atoms with Crippen LogP contribution in [-0.4, -0.2) is 149 Å². The highest BCUT2D eigenvalue weighted by Gasteiger charge is 2.64. The molecule has 11 rings (SSSR count). The highest BCUT2D eigenvalue weighted by atomic mass is 16.7. The first-order valence-electron chi connectivity index (χ1n) is 24.4. The highest BCUT2D eigenvalue weighted by molar-refractivity contribution is 5.84. The fourth-order valence-electron chi connectivity index (χ4n) is 14.0. The van der Waals surface area contributed by atoms with Gasteiger partial charge < -0.3 is 57.2 Å². The summed E-state index contributed by atoms with van der Waals surface area (Å²) in [6.45, 7) is 18.7. The molecule has 1 N–H and O–H groups in total. The van der Waals surface area contributed by atoms with Gasteiger partial charge in [-0.1, -0.05) is 25.7 Å². The maximum atomic E-state index is 12.3. The second-order valence-corrected chi connectivity index (χ2v) is 22.7. The van der Waals surface area contributed by atoms with Gasteiger partial charge in [0.2, 0.25) is 0 Å². The monoisotopic (exact) mass is 894 g/mol. The Morgan fingerprint density at radius 3 is 2.31 bits per heavy atom. The molecule has 11 aliphatic heterocycles. The van der Waals surface area contributed by atoms with Crippen LogP contribution in [0, 0.1) is 5.92 Å². The van der Waals surface area contributed by atoms with Crippen molar-refractivity contribution in [3.05, 3.63) is 36.0 Å². The number of aliphatic hydroxyl groups is 1. The van der Waals surface area contributed by atoms with Crippen LogP contribution in [0.25, 0.3) is 0 Å². The van der Waals surface area contributed by atoms with Crippen molar-refractivity contribution >= 4 is 12.3 Å². The highest BCUT2D eigenvalue weighted by Crippen LogP contribution is 2.55. The Morgan fingerprint density at radius 1 is 0.734 bits per heavy atom. The molecule has 0 aromatic carbocycles. The van der Waals surface area contributed by atoms with Crippen molar-refractivity contribution in [2.75, 3.05) is 0 Å². The number of ether oxygens (including phenoxy) is 11. The van der Waals surface area contributed by atoms with E-state index in [2.05, 4.69) is 53.3 Å². The van der Waals surface area contributed by atoms with E-state index >= 15 is 0 Å². The van der Waals surface area contributed by atoms with E-state index in [1.165, 1.54) is 0 Å². The average molecular weight is 895 g/mol. The van der Waals surface area contributed by atoms with Crippen LogP contribution in [0.15, 0.2) is 36.0 Å². The third kappa shape index (κ3) is 7.38. The van der Waals surface area contributed by atoms with E-state index < -0.39 is 34.1 Å². The number of aldehydes is 1. The van der Waals surface area contributed by atoms with E-state index in [0.717, 1.165) is 31.1 Å². The maximum Gasteiger partial charge on any atom is 0.331 e. The van der Waals surface area contributed by atoms with Crippen molar-refractivity contribution in [3.8, 4) is 0 Å². The topological polar surface area (TPSA) is 156 Å². The molecule has 23 atom stereocenters. The summed E-state index contributed by atoms with van der Waals surface area (Å²) in [5.41, 5.74) is -1.96. The summed E-state index contributed by atoms with van der Waals surface area (Å²) in [6.07, 6.45) is 9.57. The van der Waals surface area contributed by atoms with Gasteiger partial charge in [0.15, 0.2) is 0 Å². The van der Waals surface area contributed by atoms with Crippen LogP contribution < -0.4 is 0 Å². The third-order valence-corrected chi connectivity index (χ3v) is 17.8. The Labute approximate surface area is 377 Å². The number of carbonyl (C=O) groups is 2. The number of hydrogen-bond donors (Lipinski definition) is 1. The van der Waals surface area contributed by atoms with E-state index in [1.54, 1.807) is 6.08 Å². The standard InChI is InChI=1S/C50H70O14/c1-25(24-51)14-28-17-37(52)50(8)41(54-28)19-33-34(61-50)18-32-29(55-33)10-9-12-46(4)42(58-32)23-49(7)40(62-46)21-39-47(5,64-49)13-11-30-44(60-39)26(2)15-31-36(56-30)22-48(6)38(57-31)20-35-45(63-48)27(3)16-43(53)59-35/h9-10,16,24,26,28-42,44-45,52H,1,11-15,17-23H2,2-8H3/t26-,28-,29?,30?,31?,32?,33?,34?,35?,36?,37+,38?,39?,40?,41?,42?,44?,45?,46+,47-,48+,49+,50+/m1/s1. The molecule has 9 fully saturated rings. The molecule has 11 aliphatic rings. The fraction of sp³-hybridized carbons (Fsp3) is 0.840. The summed E-state index contributed by atoms with van der Waals surface area (Å²) < 4.78 is 75.6. The summed E-state index contributed by atoms with van der Waals surface area (Å²) in [6, 6.07) is 0. The molecular formula is C50H70O14. The first kappa shape index (κ1) is 44.4. The second-order valence-electron chi connectivity index (χ2n) is 22.7. The summed E-state index contributed by atoms with van der Waals surface area (Å²) in [5, 5.41) is 11.4. The molecule has 9 saturated heterocycles. The Balaban J connectivity index is 0.776. The van der Waals surface area contributed by atoms with E-state index in [9.17, 15) is 14.7 Å². The molecule has 0 saturated carbocycles. The molecule has 0 aliphatic carbocycles. The van der Waals surface area contributed by atoms with Crippen LogP contribution in [0.4, 0.5) is 0 Å². The van der Waals surface area contributed by atoms with Gasteiger partial charge in [-0.25, -0.2) is 4.79 Å². The number of rotatable bonds is 3. The van der Waals surface area contributed by atoms with Gasteiger partial charge in [-0.2, -0.15) is 0 Å². The van der Waals surface area contributed by atoms with E-state index in [0.29, 0.717) is 63.4 Å². The normalized spacial score (nSPS) is 56.4. The zero-order valence-corrected chi connectivity index (χ0v) is 38.6. The molecule has 64 heavy (non-hydrogen) atoms. The molecule has 0 radical (unpaired) electrons. The maximum absolute atomic E-state index is 12.3. The number of aliphatic hydroxyl groups excluding tert-OH is 1. The lowest BCUT2D eigenvalue weighted by Gasteiger charge is -2.60. The van der Waals surface area contributed by atoms with Gasteiger partial charge in [0.25, 0.3) is 0 Å². The van der Waals surface area contributed by atoms with Crippen LogP contribution in [0.1, 0.15) is 126 Å². The van der Waals surface area contributed by atoms with Gasteiger partial charge in [0.05, 0.1) is 108 Å². The SMILES string of the molecule is C=C(C=O)C[C@@H]1C[C@H](O)[C@]2(C)OC3CC4OC5C[C@]6(C)O[C@]7(C)CCC8OC9C[C@]%10(C)OC%11C(C)=CC(=O)OC%11CC%10OC9C[C@@H](C)C8OC7CC6O[C@@]5(C)CC=CC4OC3CC2O1. The number of hydrogen-bond acceptors (Lipinski definition) is 14. The van der Waals surface area contributed by atoms with Crippen molar-refractivity contribution in [3.63, 3.8) is 0 Å². The zero-order valence-electron chi connectivity index (χ0n) is 38.6. The third-order valence-electron chi connectivity index (χ3n) is 17.8. The van der Waals surface area contributed by atoms with Crippen molar-refractivity contribution in [2.24, 2.45) is 5.92 Å². The van der Waals surface area contributed by atoms with Crippen LogP contribution in [0.5, 0.6) is 0 Å². The molecule has 354 valence electrons. The van der Waals surface area contributed by atoms with Gasteiger partial charge in [0.1, 0.15) is 30.2 Å². The Hall–Kier alpha value is -2.08. The summed E-state index contributed by atoms with van der Waals surface area (Å²) >= 11 is 0. The minimum Gasteiger partial charge on any atom is -0.456 e. The zero-order chi connectivity index (χ0) is 44.7. The molecule has 14 heteroatoms. The number of carbonyl (C=O) groups excluding carboxylic acids is 2. The average Bonchev–Trinajstić information content (AvgIpc) is 3.43. The van der Waals surface area contributed by atoms with Crippen LogP contribution in [0.3, 0.4) is 0 Å². The Kier molecular flexibility index (Phi) is 10.9.